The fourth-order valence-corrected chi connectivity index (χ4v) is 9.23. The lowest BCUT2D eigenvalue weighted by molar-refractivity contribution is 0.0696. The van der Waals surface area contributed by atoms with Gasteiger partial charge in [0.05, 0.1) is 29.3 Å². The molecule has 1 atom stereocenters. The number of carbonyl (C=O) groups is 2. The van der Waals surface area contributed by atoms with E-state index >= 15 is 4.79 Å². The maximum absolute atomic E-state index is 15.1. The number of aryl methyl sites for hydroxylation is 6. The SMILES string of the molecule is Cc1cc(OCCCc2c3n(c4c(-c5c(C)nc(CN6CCCC6)nc5C)c(Cl)ccc24)[C@H](C)CN(c2cc4cc(C(=O)O)ccc4n2C)C3=O)cc(C)c1Cl. The van der Waals surface area contributed by atoms with Gasteiger partial charge in [0.2, 0.25) is 0 Å². The van der Waals surface area contributed by atoms with E-state index in [2.05, 4.69) is 16.4 Å². The van der Waals surface area contributed by atoms with Crippen LogP contribution in [0, 0.1) is 27.7 Å². The molecule has 1 saturated heterocycles. The molecule has 56 heavy (non-hydrogen) atoms. The summed E-state index contributed by atoms with van der Waals surface area (Å²) >= 11 is 13.6. The first kappa shape index (κ1) is 38.0. The van der Waals surface area contributed by atoms with Crippen molar-refractivity contribution >= 4 is 62.7 Å². The minimum absolute atomic E-state index is 0.128. The van der Waals surface area contributed by atoms with Gasteiger partial charge in [0.15, 0.2) is 0 Å². The van der Waals surface area contributed by atoms with Crippen molar-refractivity contribution in [3.8, 4) is 16.9 Å². The summed E-state index contributed by atoms with van der Waals surface area (Å²) in [5.74, 6) is 1.15. The molecule has 0 aliphatic carbocycles. The highest BCUT2D eigenvalue weighted by molar-refractivity contribution is 6.35. The standard InChI is InChI=1S/C44H46Cl2N6O4/c1-24-18-31(19-25(2)40(24)46)56-17-9-10-32-33-12-13-34(45)39(38-27(4)47-36(48-28(38)5)23-50-15-7-8-16-50)41(33)52-26(3)22-51(43(53)42(32)52)37-21-30-20-29(44(54)55)11-14-35(30)49(37)6/h11-14,18-21,26H,7-10,15-17,22-23H2,1-6H3,(H,54,55)/t26-/m1/s1. The first-order chi connectivity index (χ1) is 26.8. The van der Waals surface area contributed by atoms with Crippen LogP contribution in [0.3, 0.4) is 0 Å². The molecule has 1 N–H and O–H groups in total. The number of amides is 1. The third kappa shape index (κ3) is 6.61. The summed E-state index contributed by atoms with van der Waals surface area (Å²) in [5, 5.41) is 12.7. The number of fused-ring (bicyclic) bond motifs is 4. The Bertz CT molecular complexity index is 2520. The predicted molar refractivity (Wildman–Crippen MR) is 223 cm³/mol. The third-order valence-electron chi connectivity index (χ3n) is 11.5. The van der Waals surface area contributed by atoms with E-state index in [1.54, 1.807) is 18.2 Å². The number of aromatic carboxylic acids is 1. The number of hydrogen-bond donors (Lipinski definition) is 1. The van der Waals surface area contributed by atoms with Crippen LogP contribution >= 0.6 is 23.2 Å². The smallest absolute Gasteiger partial charge is 0.335 e. The van der Waals surface area contributed by atoms with Crippen LogP contribution < -0.4 is 9.64 Å². The van der Waals surface area contributed by atoms with Gasteiger partial charge in [-0.3, -0.25) is 14.6 Å². The number of carboxylic acid groups (broad SMARTS) is 1. The highest BCUT2D eigenvalue weighted by Gasteiger charge is 2.37. The summed E-state index contributed by atoms with van der Waals surface area (Å²) in [7, 11) is 1.91. The molecule has 3 aromatic carbocycles. The van der Waals surface area contributed by atoms with Crippen LogP contribution in [0.1, 0.15) is 87.0 Å². The van der Waals surface area contributed by atoms with Crippen molar-refractivity contribution in [2.75, 3.05) is 31.1 Å². The van der Waals surface area contributed by atoms with E-state index in [0.29, 0.717) is 42.5 Å². The number of nitrogens with zero attached hydrogens (tertiary/aromatic N) is 6. The number of ether oxygens (including phenoxy) is 1. The second-order valence-electron chi connectivity index (χ2n) is 15.4. The van der Waals surface area contributed by atoms with Crippen molar-refractivity contribution in [3.63, 3.8) is 0 Å². The minimum atomic E-state index is -0.994. The molecular weight excluding hydrogens is 747 g/mol. The van der Waals surface area contributed by atoms with Crippen molar-refractivity contribution in [2.24, 2.45) is 7.05 Å². The first-order valence-electron chi connectivity index (χ1n) is 19.3. The number of carbonyl (C=O) groups excluding carboxylic acids is 1. The largest absolute Gasteiger partial charge is 0.494 e. The molecule has 0 spiro atoms. The van der Waals surface area contributed by atoms with E-state index in [9.17, 15) is 9.90 Å². The summed E-state index contributed by atoms with van der Waals surface area (Å²) < 4.78 is 10.4. The fourth-order valence-electron chi connectivity index (χ4n) is 8.88. The monoisotopic (exact) mass is 792 g/mol. The Labute approximate surface area is 336 Å². The molecule has 5 heterocycles. The maximum Gasteiger partial charge on any atom is 0.335 e. The molecule has 3 aromatic heterocycles. The lowest BCUT2D eigenvalue weighted by Crippen LogP contribution is -2.43. The topological polar surface area (TPSA) is 106 Å². The van der Waals surface area contributed by atoms with Crippen molar-refractivity contribution in [1.82, 2.24) is 24.0 Å². The molecule has 2 aliphatic rings. The average Bonchev–Trinajstić information content (AvgIpc) is 3.87. The van der Waals surface area contributed by atoms with Gasteiger partial charge in [0.1, 0.15) is 23.1 Å². The molecule has 12 heteroatoms. The summed E-state index contributed by atoms with van der Waals surface area (Å²) in [6.45, 7) is 13.8. The Morgan fingerprint density at radius 1 is 0.946 bits per heavy atom. The van der Waals surface area contributed by atoms with Crippen molar-refractivity contribution in [3.05, 3.63) is 104 Å². The average molecular weight is 794 g/mol. The van der Waals surface area contributed by atoms with E-state index < -0.39 is 5.97 Å². The van der Waals surface area contributed by atoms with E-state index in [4.69, 9.17) is 37.9 Å². The molecule has 0 bridgehead atoms. The first-order valence-corrected chi connectivity index (χ1v) is 20.0. The van der Waals surface area contributed by atoms with Crippen LogP contribution in [0.2, 0.25) is 10.0 Å². The normalized spacial score (nSPS) is 16.0. The molecule has 6 aromatic rings. The van der Waals surface area contributed by atoms with Crippen LogP contribution in [-0.4, -0.2) is 67.2 Å². The number of halogens is 2. The van der Waals surface area contributed by atoms with Gasteiger partial charge in [-0.25, -0.2) is 14.8 Å². The van der Waals surface area contributed by atoms with E-state index in [-0.39, 0.29) is 17.5 Å². The van der Waals surface area contributed by atoms with Gasteiger partial charge in [0, 0.05) is 63.5 Å². The lowest BCUT2D eigenvalue weighted by atomic mass is 9.97. The lowest BCUT2D eigenvalue weighted by Gasteiger charge is -2.34. The van der Waals surface area contributed by atoms with E-state index in [1.807, 2.05) is 74.5 Å². The molecular formula is C44H46Cl2N6O4. The Balaban J connectivity index is 1.24. The summed E-state index contributed by atoms with van der Waals surface area (Å²) in [6, 6.07) is 14.7. The number of hydrogen-bond acceptors (Lipinski definition) is 6. The maximum atomic E-state index is 15.1. The van der Waals surface area contributed by atoms with Crippen LogP contribution in [0.25, 0.3) is 32.9 Å². The Morgan fingerprint density at radius 2 is 1.64 bits per heavy atom. The van der Waals surface area contributed by atoms with E-state index in [0.717, 1.165) is 97.2 Å². The van der Waals surface area contributed by atoms with Gasteiger partial charge in [-0.15, -0.1) is 0 Å². The highest BCUT2D eigenvalue weighted by Crippen LogP contribution is 2.45. The van der Waals surface area contributed by atoms with Crippen molar-refractivity contribution in [1.29, 1.82) is 0 Å². The number of carboxylic acids is 1. The second-order valence-corrected chi connectivity index (χ2v) is 16.2. The van der Waals surface area contributed by atoms with Gasteiger partial charge in [-0.1, -0.05) is 29.3 Å². The zero-order valence-electron chi connectivity index (χ0n) is 32.7. The molecule has 1 fully saturated rings. The number of rotatable bonds is 10. The molecule has 1 amide bonds. The highest BCUT2D eigenvalue weighted by atomic mass is 35.5. The molecule has 8 rings (SSSR count). The van der Waals surface area contributed by atoms with Gasteiger partial charge in [-0.2, -0.15) is 0 Å². The molecule has 2 aliphatic heterocycles. The number of aromatic nitrogens is 4. The van der Waals surface area contributed by atoms with Crippen LogP contribution in [0.5, 0.6) is 5.75 Å². The van der Waals surface area contributed by atoms with E-state index in [1.165, 1.54) is 12.8 Å². The zero-order chi connectivity index (χ0) is 39.6. The van der Waals surface area contributed by atoms with Crippen LogP contribution in [-0.2, 0) is 20.0 Å². The molecule has 0 unspecified atom stereocenters. The van der Waals surface area contributed by atoms with Crippen LogP contribution in [0.4, 0.5) is 5.82 Å². The van der Waals surface area contributed by atoms with Gasteiger partial charge < -0.3 is 19.0 Å². The van der Waals surface area contributed by atoms with Crippen LogP contribution in [0.15, 0.2) is 48.5 Å². The molecule has 0 radical (unpaired) electrons. The van der Waals surface area contributed by atoms with Gasteiger partial charge in [0.25, 0.3) is 5.91 Å². The predicted octanol–water partition coefficient (Wildman–Crippen LogP) is 9.66. The fraction of sp³-hybridized carbons (Fsp3) is 0.364. The molecule has 10 nitrogen and oxygen atoms in total. The second kappa shape index (κ2) is 14.9. The number of anilines is 1. The Morgan fingerprint density at radius 3 is 2.32 bits per heavy atom. The van der Waals surface area contributed by atoms with Crippen molar-refractivity contribution in [2.45, 2.75) is 72.9 Å². The summed E-state index contributed by atoms with van der Waals surface area (Å²) in [5.41, 5.74) is 8.84. The zero-order valence-corrected chi connectivity index (χ0v) is 34.2. The Kier molecular flexibility index (Phi) is 10.1. The number of likely N-dealkylation sites (tertiary alicyclic amines) is 1. The summed E-state index contributed by atoms with van der Waals surface area (Å²) in [6.07, 6.45) is 3.63. The minimum Gasteiger partial charge on any atom is -0.494 e. The quantitative estimate of drug-likeness (QED) is 0.138. The molecule has 0 saturated carbocycles. The third-order valence-corrected chi connectivity index (χ3v) is 12.4. The summed E-state index contributed by atoms with van der Waals surface area (Å²) in [4.78, 5) is 41.2. The number of benzene rings is 3. The van der Waals surface area contributed by atoms with Crippen molar-refractivity contribution < 1.29 is 19.4 Å². The van der Waals surface area contributed by atoms with Gasteiger partial charge >= 0.3 is 5.97 Å². The molecule has 290 valence electrons. The Hall–Kier alpha value is -4.90. The van der Waals surface area contributed by atoms with Gasteiger partial charge in [-0.05, 0) is 133 Å².